The summed E-state index contributed by atoms with van der Waals surface area (Å²) in [5, 5.41) is 13.6. The van der Waals surface area contributed by atoms with E-state index >= 15 is 0 Å². The molecular formula is C26H26ClN5O2. The summed E-state index contributed by atoms with van der Waals surface area (Å²) >= 11 is 0. The van der Waals surface area contributed by atoms with Crippen molar-refractivity contribution in [3.05, 3.63) is 96.2 Å². The number of benzene rings is 3. The average molecular weight is 476 g/mol. The zero-order chi connectivity index (χ0) is 23.0. The van der Waals surface area contributed by atoms with Gasteiger partial charge < -0.3 is 16.0 Å². The fourth-order valence-corrected chi connectivity index (χ4v) is 3.44. The van der Waals surface area contributed by atoms with E-state index in [1.165, 1.54) is 0 Å². The van der Waals surface area contributed by atoms with Crippen molar-refractivity contribution in [2.75, 3.05) is 17.2 Å². The van der Waals surface area contributed by atoms with Crippen molar-refractivity contribution in [1.29, 1.82) is 0 Å². The molecule has 0 fully saturated rings. The molecule has 0 unspecified atom stereocenters. The summed E-state index contributed by atoms with van der Waals surface area (Å²) in [4.78, 5) is 28.7. The van der Waals surface area contributed by atoms with E-state index in [1.54, 1.807) is 12.3 Å². The third kappa shape index (κ3) is 6.24. The van der Waals surface area contributed by atoms with Crippen molar-refractivity contribution in [2.45, 2.75) is 13.5 Å². The van der Waals surface area contributed by atoms with Gasteiger partial charge in [-0.25, -0.2) is 9.78 Å². The molecule has 0 aliphatic heterocycles. The van der Waals surface area contributed by atoms with Gasteiger partial charge in [-0.3, -0.25) is 10.1 Å². The largest absolute Gasteiger partial charge is 0.355 e. The van der Waals surface area contributed by atoms with Crippen LogP contribution in [0, 0.1) is 0 Å². The van der Waals surface area contributed by atoms with Gasteiger partial charge in [0.2, 0.25) is 0 Å². The SMILES string of the molecule is CCNC(=O)Nc1cc2cccc(Nc3cccc(C(=O)NCc4ccccc4)c3)c2cn1.Cl. The first kappa shape index (κ1) is 24.5. The predicted octanol–water partition coefficient (Wildman–Crippen LogP) is 5.47. The maximum Gasteiger partial charge on any atom is 0.320 e. The monoisotopic (exact) mass is 475 g/mol. The molecule has 7 nitrogen and oxygen atoms in total. The van der Waals surface area contributed by atoms with Gasteiger partial charge in [0, 0.05) is 41.6 Å². The highest BCUT2D eigenvalue weighted by atomic mass is 35.5. The fraction of sp³-hybridized carbons (Fsp3) is 0.115. The van der Waals surface area contributed by atoms with E-state index in [0.717, 1.165) is 27.7 Å². The minimum Gasteiger partial charge on any atom is -0.355 e. The van der Waals surface area contributed by atoms with Crippen molar-refractivity contribution in [2.24, 2.45) is 0 Å². The summed E-state index contributed by atoms with van der Waals surface area (Å²) in [7, 11) is 0. The van der Waals surface area contributed by atoms with E-state index in [9.17, 15) is 9.59 Å². The highest BCUT2D eigenvalue weighted by Gasteiger charge is 2.09. The Bertz CT molecular complexity index is 1280. The average Bonchev–Trinajstić information content (AvgIpc) is 2.83. The number of rotatable bonds is 7. The molecule has 0 aliphatic rings. The molecule has 0 saturated heterocycles. The molecule has 3 aromatic carbocycles. The first-order chi connectivity index (χ1) is 16.1. The summed E-state index contributed by atoms with van der Waals surface area (Å²) in [6, 6.07) is 24.5. The third-order valence-corrected chi connectivity index (χ3v) is 5.04. The van der Waals surface area contributed by atoms with Gasteiger partial charge in [-0.2, -0.15) is 0 Å². The number of carbonyl (C=O) groups excluding carboxylic acids is 2. The van der Waals surface area contributed by atoms with Gasteiger partial charge in [0.05, 0.1) is 0 Å². The van der Waals surface area contributed by atoms with Crippen LogP contribution in [0.3, 0.4) is 0 Å². The molecule has 34 heavy (non-hydrogen) atoms. The Hall–Kier alpha value is -4.10. The van der Waals surface area contributed by atoms with Gasteiger partial charge in [-0.15, -0.1) is 12.4 Å². The maximum absolute atomic E-state index is 12.6. The van der Waals surface area contributed by atoms with Crippen molar-refractivity contribution in [3.63, 3.8) is 0 Å². The van der Waals surface area contributed by atoms with Crippen molar-refractivity contribution in [3.8, 4) is 0 Å². The van der Waals surface area contributed by atoms with E-state index in [4.69, 9.17) is 0 Å². The molecule has 4 rings (SSSR count). The van der Waals surface area contributed by atoms with Crippen LogP contribution in [0.5, 0.6) is 0 Å². The van der Waals surface area contributed by atoms with Crippen molar-refractivity contribution < 1.29 is 9.59 Å². The van der Waals surface area contributed by atoms with E-state index in [1.807, 2.05) is 79.7 Å². The van der Waals surface area contributed by atoms with Crippen molar-refractivity contribution >= 4 is 52.3 Å². The number of hydrogen-bond acceptors (Lipinski definition) is 4. The van der Waals surface area contributed by atoms with Gasteiger partial charge in [-0.05, 0) is 48.2 Å². The molecule has 0 saturated carbocycles. The lowest BCUT2D eigenvalue weighted by Gasteiger charge is -2.12. The zero-order valence-corrected chi connectivity index (χ0v) is 19.5. The lowest BCUT2D eigenvalue weighted by atomic mass is 10.1. The Morgan fingerprint density at radius 3 is 2.47 bits per heavy atom. The van der Waals surface area contributed by atoms with Gasteiger partial charge in [-0.1, -0.05) is 48.5 Å². The van der Waals surface area contributed by atoms with E-state index < -0.39 is 0 Å². The first-order valence-corrected chi connectivity index (χ1v) is 10.7. The van der Waals surface area contributed by atoms with Crippen LogP contribution in [0.15, 0.2) is 85.1 Å². The van der Waals surface area contributed by atoms with Gasteiger partial charge in [0.15, 0.2) is 0 Å². The summed E-state index contributed by atoms with van der Waals surface area (Å²) in [5.41, 5.74) is 3.26. The van der Waals surface area contributed by atoms with E-state index in [0.29, 0.717) is 24.5 Å². The van der Waals surface area contributed by atoms with Crippen LogP contribution in [-0.4, -0.2) is 23.5 Å². The Balaban J connectivity index is 0.00000324. The Labute approximate surface area is 204 Å². The van der Waals surface area contributed by atoms with Crippen LogP contribution >= 0.6 is 12.4 Å². The zero-order valence-electron chi connectivity index (χ0n) is 18.7. The molecule has 174 valence electrons. The first-order valence-electron chi connectivity index (χ1n) is 10.7. The number of aromatic nitrogens is 1. The van der Waals surface area contributed by atoms with Crippen LogP contribution in [-0.2, 0) is 6.54 Å². The lowest BCUT2D eigenvalue weighted by molar-refractivity contribution is 0.0951. The minimum absolute atomic E-state index is 0. The molecular weight excluding hydrogens is 450 g/mol. The van der Waals surface area contributed by atoms with E-state index in [-0.39, 0.29) is 24.3 Å². The smallest absolute Gasteiger partial charge is 0.320 e. The molecule has 0 spiro atoms. The van der Waals surface area contributed by atoms with Crippen LogP contribution in [0.4, 0.5) is 22.0 Å². The number of urea groups is 1. The van der Waals surface area contributed by atoms with Gasteiger partial charge in [0.25, 0.3) is 5.91 Å². The number of pyridine rings is 1. The molecule has 4 N–H and O–H groups in total. The third-order valence-electron chi connectivity index (χ3n) is 5.04. The lowest BCUT2D eigenvalue weighted by Crippen LogP contribution is -2.28. The number of nitrogens with zero attached hydrogens (tertiary/aromatic N) is 1. The van der Waals surface area contributed by atoms with E-state index in [2.05, 4.69) is 26.3 Å². The van der Waals surface area contributed by atoms with Gasteiger partial charge in [0.1, 0.15) is 5.82 Å². The summed E-state index contributed by atoms with van der Waals surface area (Å²) in [6.07, 6.45) is 1.72. The summed E-state index contributed by atoms with van der Waals surface area (Å²) < 4.78 is 0. The molecule has 0 aliphatic carbocycles. The topological polar surface area (TPSA) is 95.2 Å². The Morgan fingerprint density at radius 1 is 0.882 bits per heavy atom. The standard InChI is InChI=1S/C26H25N5O2.ClH/c1-2-27-26(33)31-24-15-19-10-7-13-23(22(19)17-28-24)30-21-12-6-11-20(14-21)25(32)29-16-18-8-4-3-5-9-18;/h3-15,17,30H,2,16H2,1H3,(H,29,32)(H2,27,28,31,33);1H. The number of halogens is 1. The molecule has 3 amide bonds. The number of carbonyl (C=O) groups is 2. The van der Waals surface area contributed by atoms with Crippen LogP contribution < -0.4 is 21.3 Å². The second kappa shape index (κ2) is 11.7. The quantitative estimate of drug-likeness (QED) is 0.285. The molecule has 8 heteroatoms. The molecule has 0 atom stereocenters. The second-order valence-corrected chi connectivity index (χ2v) is 7.45. The normalized spacial score (nSPS) is 10.1. The van der Waals surface area contributed by atoms with Crippen molar-refractivity contribution in [1.82, 2.24) is 15.6 Å². The molecule has 1 heterocycles. The number of nitrogens with one attached hydrogen (secondary N) is 4. The minimum atomic E-state index is -0.291. The van der Waals surface area contributed by atoms with Gasteiger partial charge >= 0.3 is 6.03 Å². The van der Waals surface area contributed by atoms with Crippen LogP contribution in [0.2, 0.25) is 0 Å². The number of fused-ring (bicyclic) bond motifs is 1. The summed E-state index contributed by atoms with van der Waals surface area (Å²) in [5.74, 6) is 0.339. The number of amides is 3. The molecule has 1 aromatic heterocycles. The predicted molar refractivity (Wildman–Crippen MR) is 139 cm³/mol. The highest BCUT2D eigenvalue weighted by Crippen LogP contribution is 2.27. The second-order valence-electron chi connectivity index (χ2n) is 7.45. The highest BCUT2D eigenvalue weighted by molar-refractivity contribution is 5.99. The Kier molecular flexibility index (Phi) is 8.43. The maximum atomic E-state index is 12.6. The van der Waals surface area contributed by atoms with Crippen LogP contribution in [0.25, 0.3) is 10.8 Å². The fourth-order valence-electron chi connectivity index (χ4n) is 3.44. The number of anilines is 3. The summed E-state index contributed by atoms with van der Waals surface area (Å²) in [6.45, 7) is 2.86. The van der Waals surface area contributed by atoms with Crippen LogP contribution in [0.1, 0.15) is 22.8 Å². The number of hydrogen-bond donors (Lipinski definition) is 4. The molecule has 0 bridgehead atoms. The Morgan fingerprint density at radius 2 is 1.68 bits per heavy atom. The molecule has 4 aromatic rings. The molecule has 0 radical (unpaired) electrons.